The molecule has 0 amide bonds. The van der Waals surface area contributed by atoms with E-state index in [4.69, 9.17) is 0 Å². The summed E-state index contributed by atoms with van der Waals surface area (Å²) >= 11 is 0. The summed E-state index contributed by atoms with van der Waals surface area (Å²) in [7, 11) is 0. The standard InChI is InChI=1S/C12H15N5O/c1-8-13-10-2-3-11(15-17(10)14-8)16-6-9(18)12(7-16)4-5-12/h2-3,9,18H,4-7H2,1H3. The molecule has 1 aliphatic carbocycles. The van der Waals surface area contributed by atoms with Crippen LogP contribution in [-0.2, 0) is 0 Å². The molecule has 0 aromatic carbocycles. The summed E-state index contributed by atoms with van der Waals surface area (Å²) in [5, 5.41) is 18.7. The van der Waals surface area contributed by atoms with Crippen molar-refractivity contribution in [2.24, 2.45) is 5.41 Å². The van der Waals surface area contributed by atoms with E-state index in [1.54, 1.807) is 4.63 Å². The number of aliphatic hydroxyl groups excluding tert-OH is 1. The van der Waals surface area contributed by atoms with Crippen LogP contribution in [0.1, 0.15) is 18.7 Å². The van der Waals surface area contributed by atoms with E-state index in [2.05, 4.69) is 20.1 Å². The predicted octanol–water partition coefficient (Wildman–Crippen LogP) is 0.394. The quantitative estimate of drug-likeness (QED) is 0.787. The highest BCUT2D eigenvalue weighted by Crippen LogP contribution is 2.53. The van der Waals surface area contributed by atoms with Gasteiger partial charge >= 0.3 is 0 Å². The number of nitrogens with zero attached hydrogens (tertiary/aromatic N) is 5. The van der Waals surface area contributed by atoms with Gasteiger partial charge in [-0.15, -0.1) is 14.8 Å². The Morgan fingerprint density at radius 1 is 1.33 bits per heavy atom. The number of aryl methyl sites for hydroxylation is 1. The summed E-state index contributed by atoms with van der Waals surface area (Å²) in [5.41, 5.74) is 0.909. The van der Waals surface area contributed by atoms with Gasteiger partial charge in [-0.25, -0.2) is 4.98 Å². The SMILES string of the molecule is Cc1nc2ccc(N3CC(O)C4(CC4)C3)nn2n1. The maximum Gasteiger partial charge on any atom is 0.176 e. The summed E-state index contributed by atoms with van der Waals surface area (Å²) in [6.45, 7) is 3.43. The van der Waals surface area contributed by atoms with Crippen LogP contribution in [0.5, 0.6) is 0 Å². The van der Waals surface area contributed by atoms with Crippen molar-refractivity contribution < 1.29 is 5.11 Å². The van der Waals surface area contributed by atoms with E-state index >= 15 is 0 Å². The van der Waals surface area contributed by atoms with Crippen molar-refractivity contribution in [1.82, 2.24) is 19.8 Å². The van der Waals surface area contributed by atoms with Crippen molar-refractivity contribution in [2.45, 2.75) is 25.9 Å². The Morgan fingerprint density at radius 2 is 2.17 bits per heavy atom. The maximum atomic E-state index is 10.1. The molecule has 2 aromatic heterocycles. The van der Waals surface area contributed by atoms with E-state index in [0.29, 0.717) is 6.54 Å². The fourth-order valence-electron chi connectivity index (χ4n) is 2.83. The van der Waals surface area contributed by atoms with Crippen LogP contribution in [-0.4, -0.2) is 44.1 Å². The molecule has 2 aromatic rings. The minimum atomic E-state index is -0.215. The summed E-state index contributed by atoms with van der Waals surface area (Å²) in [5.74, 6) is 1.59. The van der Waals surface area contributed by atoms with E-state index < -0.39 is 0 Å². The molecule has 2 fully saturated rings. The average Bonchev–Trinajstić information content (AvgIpc) is 2.91. The summed E-state index contributed by atoms with van der Waals surface area (Å²) in [6, 6.07) is 3.88. The lowest BCUT2D eigenvalue weighted by Gasteiger charge is -2.16. The molecule has 94 valence electrons. The highest BCUT2D eigenvalue weighted by atomic mass is 16.3. The molecule has 1 unspecified atom stereocenters. The van der Waals surface area contributed by atoms with Gasteiger partial charge in [0.15, 0.2) is 11.5 Å². The number of β-amino-alcohol motifs (C(OH)–C–C–N with tert-alkyl or cyclic N) is 1. The van der Waals surface area contributed by atoms with Gasteiger partial charge in [0.2, 0.25) is 0 Å². The second-order valence-corrected chi connectivity index (χ2v) is 5.46. The Kier molecular flexibility index (Phi) is 1.82. The lowest BCUT2D eigenvalue weighted by molar-refractivity contribution is 0.136. The van der Waals surface area contributed by atoms with E-state index in [1.807, 2.05) is 19.1 Å². The predicted molar refractivity (Wildman–Crippen MR) is 65.4 cm³/mol. The molecule has 1 saturated carbocycles. The van der Waals surface area contributed by atoms with Crippen LogP contribution in [0, 0.1) is 12.3 Å². The molecule has 1 spiro atoms. The van der Waals surface area contributed by atoms with Crippen molar-refractivity contribution in [1.29, 1.82) is 0 Å². The van der Waals surface area contributed by atoms with Crippen LogP contribution in [0.15, 0.2) is 12.1 Å². The fraction of sp³-hybridized carbons (Fsp3) is 0.583. The zero-order chi connectivity index (χ0) is 12.3. The first-order valence-corrected chi connectivity index (χ1v) is 6.30. The number of rotatable bonds is 1. The minimum absolute atomic E-state index is 0.148. The van der Waals surface area contributed by atoms with Gasteiger partial charge in [0.05, 0.1) is 6.10 Å². The van der Waals surface area contributed by atoms with Gasteiger partial charge in [0.1, 0.15) is 5.82 Å². The first-order chi connectivity index (χ1) is 8.66. The number of aliphatic hydroxyl groups is 1. The molecule has 1 saturated heterocycles. The smallest absolute Gasteiger partial charge is 0.176 e. The Morgan fingerprint density at radius 3 is 2.89 bits per heavy atom. The van der Waals surface area contributed by atoms with Crippen LogP contribution in [0.25, 0.3) is 5.65 Å². The summed E-state index contributed by atoms with van der Waals surface area (Å²) in [4.78, 5) is 6.41. The Labute approximate surface area is 104 Å². The molecule has 1 atom stereocenters. The average molecular weight is 245 g/mol. The van der Waals surface area contributed by atoms with Crippen LogP contribution in [0.3, 0.4) is 0 Å². The van der Waals surface area contributed by atoms with E-state index in [1.165, 1.54) is 0 Å². The molecule has 6 nitrogen and oxygen atoms in total. The molecular formula is C12H15N5O. The van der Waals surface area contributed by atoms with E-state index in [-0.39, 0.29) is 11.5 Å². The molecule has 0 bridgehead atoms. The number of anilines is 1. The third-order valence-corrected chi connectivity index (χ3v) is 4.12. The topological polar surface area (TPSA) is 66.5 Å². The Balaban J connectivity index is 1.70. The van der Waals surface area contributed by atoms with Crippen LogP contribution in [0.4, 0.5) is 5.82 Å². The zero-order valence-corrected chi connectivity index (χ0v) is 10.2. The molecule has 4 rings (SSSR count). The maximum absolute atomic E-state index is 10.1. The lowest BCUT2D eigenvalue weighted by atomic mass is 10.0. The second kappa shape index (κ2) is 3.20. The minimum Gasteiger partial charge on any atom is -0.391 e. The number of hydrogen-bond acceptors (Lipinski definition) is 5. The highest BCUT2D eigenvalue weighted by Gasteiger charge is 2.54. The molecule has 1 N–H and O–H groups in total. The molecule has 6 heteroatoms. The number of aromatic nitrogens is 4. The van der Waals surface area contributed by atoms with Crippen LogP contribution >= 0.6 is 0 Å². The molecule has 3 heterocycles. The van der Waals surface area contributed by atoms with Gasteiger partial charge in [-0.05, 0) is 31.9 Å². The van der Waals surface area contributed by atoms with Gasteiger partial charge in [-0.2, -0.15) is 0 Å². The molecule has 1 aliphatic heterocycles. The molecule has 0 radical (unpaired) electrons. The van der Waals surface area contributed by atoms with Crippen molar-refractivity contribution in [3.05, 3.63) is 18.0 Å². The Bertz CT molecular complexity index is 618. The highest BCUT2D eigenvalue weighted by molar-refractivity contribution is 5.47. The van der Waals surface area contributed by atoms with Gasteiger partial charge < -0.3 is 10.0 Å². The largest absolute Gasteiger partial charge is 0.391 e. The Hall–Kier alpha value is -1.69. The second-order valence-electron chi connectivity index (χ2n) is 5.46. The van der Waals surface area contributed by atoms with Gasteiger partial charge in [0.25, 0.3) is 0 Å². The van der Waals surface area contributed by atoms with Crippen LogP contribution in [0.2, 0.25) is 0 Å². The van der Waals surface area contributed by atoms with Crippen molar-refractivity contribution >= 4 is 11.5 Å². The number of fused-ring (bicyclic) bond motifs is 1. The van der Waals surface area contributed by atoms with Gasteiger partial charge in [0, 0.05) is 18.5 Å². The third kappa shape index (κ3) is 1.35. The third-order valence-electron chi connectivity index (χ3n) is 4.12. The van der Waals surface area contributed by atoms with Crippen molar-refractivity contribution in [3.63, 3.8) is 0 Å². The lowest BCUT2D eigenvalue weighted by Crippen LogP contribution is -2.22. The molecule has 2 aliphatic rings. The van der Waals surface area contributed by atoms with E-state index in [0.717, 1.165) is 36.7 Å². The van der Waals surface area contributed by atoms with Gasteiger partial charge in [-0.3, -0.25) is 0 Å². The van der Waals surface area contributed by atoms with Crippen molar-refractivity contribution in [3.8, 4) is 0 Å². The van der Waals surface area contributed by atoms with Gasteiger partial charge in [-0.1, -0.05) is 0 Å². The zero-order valence-electron chi connectivity index (χ0n) is 10.2. The van der Waals surface area contributed by atoms with E-state index in [9.17, 15) is 5.11 Å². The first-order valence-electron chi connectivity index (χ1n) is 6.30. The monoisotopic (exact) mass is 245 g/mol. The number of hydrogen-bond donors (Lipinski definition) is 1. The summed E-state index contributed by atoms with van der Waals surface area (Å²) in [6.07, 6.45) is 2.05. The molecular weight excluding hydrogens is 230 g/mol. The fourth-order valence-corrected chi connectivity index (χ4v) is 2.83. The van der Waals surface area contributed by atoms with Crippen molar-refractivity contribution in [2.75, 3.05) is 18.0 Å². The summed E-state index contributed by atoms with van der Waals surface area (Å²) < 4.78 is 1.56. The first kappa shape index (κ1) is 10.3. The van der Waals surface area contributed by atoms with Crippen LogP contribution < -0.4 is 4.90 Å². The molecule has 18 heavy (non-hydrogen) atoms. The normalized spacial score (nSPS) is 25.2.